The van der Waals surface area contributed by atoms with Gasteiger partial charge in [-0.05, 0) is 5.92 Å². The molecule has 1 aliphatic rings. The van der Waals surface area contributed by atoms with Gasteiger partial charge in [-0.2, -0.15) is 23.5 Å². The van der Waals surface area contributed by atoms with Crippen LogP contribution in [0.2, 0.25) is 0 Å². The van der Waals surface area contributed by atoms with Crippen molar-refractivity contribution in [1.82, 2.24) is 5.43 Å². The Morgan fingerprint density at radius 1 is 1.29 bits per heavy atom. The van der Waals surface area contributed by atoms with Gasteiger partial charge in [-0.3, -0.25) is 11.3 Å². The van der Waals surface area contributed by atoms with E-state index in [9.17, 15) is 0 Å². The lowest BCUT2D eigenvalue weighted by Gasteiger charge is -2.37. The fraction of sp³-hybridized carbons (Fsp3) is 1.00. The molecule has 4 heteroatoms. The third-order valence-electron chi connectivity index (χ3n) is 2.89. The second kappa shape index (κ2) is 5.64. The van der Waals surface area contributed by atoms with Crippen LogP contribution in [0.5, 0.6) is 0 Å². The molecule has 4 atom stereocenters. The standard InChI is InChI=1S/C10H22N2S2/c1-6(2)10(12-11)9-5-13-7(3)8(4)14-9/h6-10,12H,5,11H2,1-4H3. The molecule has 0 bridgehead atoms. The summed E-state index contributed by atoms with van der Waals surface area (Å²) in [6.45, 7) is 9.11. The maximum Gasteiger partial charge on any atom is 0.0360 e. The van der Waals surface area contributed by atoms with Gasteiger partial charge in [-0.25, -0.2) is 0 Å². The SMILES string of the molecule is CC(C)C(NN)C1CSC(C)C(C)S1. The first-order chi connectivity index (χ1) is 6.56. The van der Waals surface area contributed by atoms with Gasteiger partial charge >= 0.3 is 0 Å². The Balaban J connectivity index is 2.52. The van der Waals surface area contributed by atoms with Gasteiger partial charge in [0.25, 0.3) is 0 Å². The molecule has 0 saturated carbocycles. The van der Waals surface area contributed by atoms with E-state index in [2.05, 4.69) is 56.6 Å². The van der Waals surface area contributed by atoms with Crippen molar-refractivity contribution in [1.29, 1.82) is 0 Å². The number of nitrogens with one attached hydrogen (secondary N) is 1. The molecule has 1 fully saturated rings. The van der Waals surface area contributed by atoms with Gasteiger partial charge in [0.05, 0.1) is 0 Å². The molecule has 84 valence electrons. The van der Waals surface area contributed by atoms with Crippen LogP contribution in [0, 0.1) is 5.92 Å². The molecule has 14 heavy (non-hydrogen) atoms. The van der Waals surface area contributed by atoms with Crippen molar-refractivity contribution in [2.45, 2.75) is 49.5 Å². The van der Waals surface area contributed by atoms with E-state index < -0.39 is 0 Å². The van der Waals surface area contributed by atoms with Gasteiger partial charge in [0.1, 0.15) is 0 Å². The van der Waals surface area contributed by atoms with E-state index >= 15 is 0 Å². The highest BCUT2D eigenvalue weighted by atomic mass is 32.2. The normalized spacial score (nSPS) is 36.0. The van der Waals surface area contributed by atoms with Crippen molar-refractivity contribution in [3.8, 4) is 0 Å². The number of hydrazine groups is 1. The van der Waals surface area contributed by atoms with Crippen LogP contribution < -0.4 is 11.3 Å². The minimum atomic E-state index is 0.447. The minimum Gasteiger partial charge on any atom is -0.271 e. The highest BCUT2D eigenvalue weighted by Crippen LogP contribution is 2.38. The molecule has 4 unspecified atom stereocenters. The third-order valence-corrected chi connectivity index (χ3v) is 6.40. The van der Waals surface area contributed by atoms with Crippen LogP contribution in [0.4, 0.5) is 0 Å². The Labute approximate surface area is 96.1 Å². The summed E-state index contributed by atoms with van der Waals surface area (Å²) in [4.78, 5) is 0. The second-order valence-corrected chi connectivity index (χ2v) is 7.39. The molecule has 0 spiro atoms. The van der Waals surface area contributed by atoms with E-state index in [4.69, 9.17) is 5.84 Å². The van der Waals surface area contributed by atoms with Crippen molar-refractivity contribution in [3.63, 3.8) is 0 Å². The second-order valence-electron chi connectivity index (χ2n) is 4.35. The van der Waals surface area contributed by atoms with Crippen molar-refractivity contribution in [2.75, 3.05) is 5.75 Å². The number of thioether (sulfide) groups is 2. The average Bonchev–Trinajstić information content (AvgIpc) is 2.11. The van der Waals surface area contributed by atoms with Crippen molar-refractivity contribution >= 4 is 23.5 Å². The summed E-state index contributed by atoms with van der Waals surface area (Å²) in [5, 5.41) is 2.19. The molecular formula is C10H22N2S2. The summed E-state index contributed by atoms with van der Waals surface area (Å²) >= 11 is 4.17. The molecule has 2 nitrogen and oxygen atoms in total. The molecule has 1 heterocycles. The zero-order valence-electron chi connectivity index (χ0n) is 9.49. The first-order valence-corrected chi connectivity index (χ1v) is 7.28. The predicted molar refractivity (Wildman–Crippen MR) is 68.7 cm³/mol. The summed E-state index contributed by atoms with van der Waals surface area (Å²) in [7, 11) is 0. The van der Waals surface area contributed by atoms with Gasteiger partial charge in [0, 0.05) is 27.5 Å². The molecule has 0 aromatic carbocycles. The van der Waals surface area contributed by atoms with Crippen molar-refractivity contribution < 1.29 is 0 Å². The summed E-state index contributed by atoms with van der Waals surface area (Å²) in [5.41, 5.74) is 2.97. The van der Waals surface area contributed by atoms with Crippen LogP contribution in [-0.4, -0.2) is 27.5 Å². The summed E-state index contributed by atoms with van der Waals surface area (Å²) < 4.78 is 0. The van der Waals surface area contributed by atoms with Crippen LogP contribution in [0.1, 0.15) is 27.7 Å². The molecular weight excluding hydrogens is 212 g/mol. The smallest absolute Gasteiger partial charge is 0.0360 e. The van der Waals surface area contributed by atoms with Gasteiger partial charge in [0.2, 0.25) is 0 Å². The number of rotatable bonds is 3. The Morgan fingerprint density at radius 3 is 2.36 bits per heavy atom. The van der Waals surface area contributed by atoms with E-state index in [1.54, 1.807) is 0 Å². The molecule has 1 saturated heterocycles. The molecule has 0 aromatic heterocycles. The molecule has 0 amide bonds. The van der Waals surface area contributed by atoms with Crippen molar-refractivity contribution in [3.05, 3.63) is 0 Å². The largest absolute Gasteiger partial charge is 0.271 e. The number of hydrogen-bond donors (Lipinski definition) is 2. The minimum absolute atomic E-state index is 0.447. The fourth-order valence-electron chi connectivity index (χ4n) is 1.73. The van der Waals surface area contributed by atoms with Gasteiger partial charge in [-0.15, -0.1) is 0 Å². The van der Waals surface area contributed by atoms with Gasteiger partial charge in [0.15, 0.2) is 0 Å². The van der Waals surface area contributed by atoms with E-state index in [0.717, 1.165) is 10.5 Å². The van der Waals surface area contributed by atoms with Crippen LogP contribution in [0.3, 0.4) is 0 Å². The third kappa shape index (κ3) is 3.05. The lowest BCUT2D eigenvalue weighted by Crippen LogP contribution is -2.49. The van der Waals surface area contributed by atoms with E-state index in [1.165, 1.54) is 5.75 Å². The fourth-order valence-corrected chi connectivity index (χ4v) is 5.01. The van der Waals surface area contributed by atoms with E-state index in [-0.39, 0.29) is 0 Å². The Morgan fingerprint density at radius 2 is 1.93 bits per heavy atom. The predicted octanol–water partition coefficient (Wildman–Crippen LogP) is 2.10. The highest BCUT2D eigenvalue weighted by Gasteiger charge is 2.31. The van der Waals surface area contributed by atoms with Gasteiger partial charge in [-0.1, -0.05) is 27.7 Å². The lowest BCUT2D eigenvalue weighted by molar-refractivity contribution is 0.405. The topological polar surface area (TPSA) is 38.0 Å². The molecule has 0 aliphatic carbocycles. The summed E-state index contributed by atoms with van der Waals surface area (Å²) in [6.07, 6.45) is 0. The molecule has 1 aliphatic heterocycles. The zero-order chi connectivity index (χ0) is 10.7. The number of nitrogens with two attached hydrogens (primary N) is 1. The maximum atomic E-state index is 5.61. The Hall–Kier alpha value is 0.620. The van der Waals surface area contributed by atoms with E-state index in [1.807, 2.05) is 0 Å². The zero-order valence-corrected chi connectivity index (χ0v) is 11.1. The quantitative estimate of drug-likeness (QED) is 0.579. The first-order valence-electron chi connectivity index (χ1n) is 5.29. The van der Waals surface area contributed by atoms with Crippen molar-refractivity contribution in [2.24, 2.45) is 11.8 Å². The van der Waals surface area contributed by atoms with E-state index in [0.29, 0.717) is 17.2 Å². The molecule has 0 aromatic rings. The lowest BCUT2D eigenvalue weighted by atomic mass is 10.0. The van der Waals surface area contributed by atoms with Gasteiger partial charge < -0.3 is 0 Å². The first kappa shape index (κ1) is 12.7. The Kier molecular flexibility index (Phi) is 5.11. The van der Waals surface area contributed by atoms with Crippen LogP contribution >= 0.6 is 23.5 Å². The highest BCUT2D eigenvalue weighted by molar-refractivity contribution is 8.07. The maximum absolute atomic E-state index is 5.61. The summed E-state index contributed by atoms with van der Waals surface area (Å²) in [6, 6.07) is 0.447. The monoisotopic (exact) mass is 234 g/mol. The van der Waals surface area contributed by atoms with Crippen LogP contribution in [0.25, 0.3) is 0 Å². The van der Waals surface area contributed by atoms with Crippen LogP contribution in [-0.2, 0) is 0 Å². The molecule has 1 rings (SSSR count). The molecule has 0 radical (unpaired) electrons. The number of hydrogen-bond acceptors (Lipinski definition) is 4. The Bertz CT molecular complexity index is 176. The average molecular weight is 234 g/mol. The molecule has 3 N–H and O–H groups in total. The van der Waals surface area contributed by atoms with Crippen LogP contribution in [0.15, 0.2) is 0 Å². The summed E-state index contributed by atoms with van der Waals surface area (Å²) in [5.74, 6) is 7.45.